The molecule has 1 atom stereocenters. The maximum atomic E-state index is 12.1. The summed E-state index contributed by atoms with van der Waals surface area (Å²) in [4.78, 5) is 25.7. The first-order chi connectivity index (χ1) is 10.7. The van der Waals surface area contributed by atoms with Crippen LogP contribution in [0.4, 0.5) is 4.79 Å². The average Bonchev–Trinajstić information content (AvgIpc) is 3.06. The molecule has 134 valence electrons. The van der Waals surface area contributed by atoms with Crippen LogP contribution in [-0.4, -0.2) is 55.6 Å². The van der Waals surface area contributed by atoms with Crippen molar-refractivity contribution in [1.82, 2.24) is 20.9 Å². The Kier molecular flexibility index (Phi) is 9.33. The Hall–Kier alpha value is -1.01. The number of nitrogens with zero attached hydrogens (tertiary/aromatic N) is 1. The van der Waals surface area contributed by atoms with E-state index in [2.05, 4.69) is 16.0 Å². The normalized spacial score (nSPS) is 21.3. The zero-order chi connectivity index (χ0) is 15.8. The number of carbonyl (C=O) groups is 2. The molecule has 1 saturated carbocycles. The van der Waals surface area contributed by atoms with Crippen LogP contribution in [0.15, 0.2) is 0 Å². The molecule has 1 aliphatic heterocycles. The van der Waals surface area contributed by atoms with Gasteiger partial charge in [0.05, 0.1) is 0 Å². The largest absolute Gasteiger partial charge is 0.341 e. The highest BCUT2D eigenvalue weighted by Gasteiger charge is 2.22. The second-order valence-corrected chi connectivity index (χ2v) is 6.49. The fourth-order valence-corrected chi connectivity index (χ4v) is 3.27. The summed E-state index contributed by atoms with van der Waals surface area (Å²) in [6, 6.07) is 0.569. The fourth-order valence-electron chi connectivity index (χ4n) is 3.27. The van der Waals surface area contributed by atoms with Crippen molar-refractivity contribution in [1.29, 1.82) is 0 Å². The van der Waals surface area contributed by atoms with E-state index >= 15 is 0 Å². The molecule has 23 heavy (non-hydrogen) atoms. The molecule has 7 heteroatoms. The van der Waals surface area contributed by atoms with Gasteiger partial charge in [-0.05, 0) is 32.2 Å². The molecule has 1 unspecified atom stereocenters. The first-order valence-electron chi connectivity index (χ1n) is 8.67. The molecule has 1 heterocycles. The molecule has 2 rings (SSSR count). The Bertz CT molecular complexity index is 369. The van der Waals surface area contributed by atoms with Gasteiger partial charge in [0, 0.05) is 38.6 Å². The predicted molar refractivity (Wildman–Crippen MR) is 93.9 cm³/mol. The zero-order valence-corrected chi connectivity index (χ0v) is 14.9. The van der Waals surface area contributed by atoms with Gasteiger partial charge < -0.3 is 20.9 Å². The Morgan fingerprint density at radius 2 is 1.91 bits per heavy atom. The molecule has 3 amide bonds. The number of halogens is 1. The van der Waals surface area contributed by atoms with Gasteiger partial charge in [0.1, 0.15) is 0 Å². The van der Waals surface area contributed by atoms with Crippen molar-refractivity contribution in [2.75, 3.05) is 26.7 Å². The number of urea groups is 1. The fraction of sp³-hybridized carbons (Fsp3) is 0.875. The van der Waals surface area contributed by atoms with E-state index in [9.17, 15) is 9.59 Å². The summed E-state index contributed by atoms with van der Waals surface area (Å²) in [7, 11) is 1.88. The van der Waals surface area contributed by atoms with E-state index in [1.165, 1.54) is 19.3 Å². The van der Waals surface area contributed by atoms with Gasteiger partial charge in [0.15, 0.2) is 0 Å². The van der Waals surface area contributed by atoms with Crippen LogP contribution in [-0.2, 0) is 4.79 Å². The number of amides is 3. The van der Waals surface area contributed by atoms with Crippen molar-refractivity contribution in [2.24, 2.45) is 0 Å². The van der Waals surface area contributed by atoms with Crippen molar-refractivity contribution < 1.29 is 9.59 Å². The molecular formula is C16H31ClN4O2. The van der Waals surface area contributed by atoms with Gasteiger partial charge in [-0.15, -0.1) is 12.4 Å². The number of carbonyl (C=O) groups excluding carboxylic acids is 2. The van der Waals surface area contributed by atoms with Crippen LogP contribution in [0.5, 0.6) is 0 Å². The Morgan fingerprint density at radius 3 is 2.57 bits per heavy atom. The highest BCUT2D eigenvalue weighted by molar-refractivity contribution is 5.85. The number of hydrogen-bond acceptors (Lipinski definition) is 3. The van der Waals surface area contributed by atoms with Crippen molar-refractivity contribution in [3.63, 3.8) is 0 Å². The van der Waals surface area contributed by atoms with Gasteiger partial charge in [-0.3, -0.25) is 4.79 Å². The van der Waals surface area contributed by atoms with Gasteiger partial charge in [0.25, 0.3) is 0 Å². The van der Waals surface area contributed by atoms with E-state index in [4.69, 9.17) is 0 Å². The van der Waals surface area contributed by atoms with Crippen LogP contribution < -0.4 is 16.0 Å². The van der Waals surface area contributed by atoms with E-state index in [1.807, 2.05) is 11.9 Å². The number of hydrogen-bond donors (Lipinski definition) is 3. The van der Waals surface area contributed by atoms with Crippen LogP contribution in [0.2, 0.25) is 0 Å². The summed E-state index contributed by atoms with van der Waals surface area (Å²) in [6.45, 7) is 2.44. The first kappa shape index (κ1) is 20.0. The van der Waals surface area contributed by atoms with Gasteiger partial charge >= 0.3 is 6.03 Å². The van der Waals surface area contributed by atoms with Crippen molar-refractivity contribution in [3.8, 4) is 0 Å². The summed E-state index contributed by atoms with van der Waals surface area (Å²) in [6.07, 6.45) is 8.11. The van der Waals surface area contributed by atoms with Gasteiger partial charge in [-0.25, -0.2) is 4.79 Å². The first-order valence-corrected chi connectivity index (χ1v) is 8.67. The third-order valence-corrected chi connectivity index (χ3v) is 4.77. The molecule has 2 fully saturated rings. The summed E-state index contributed by atoms with van der Waals surface area (Å²) in [5, 5.41) is 9.15. The highest BCUT2D eigenvalue weighted by Crippen LogP contribution is 2.17. The maximum absolute atomic E-state index is 12.1. The topological polar surface area (TPSA) is 73.5 Å². The molecule has 0 radical (unpaired) electrons. The van der Waals surface area contributed by atoms with Crippen molar-refractivity contribution in [2.45, 2.75) is 63.5 Å². The maximum Gasteiger partial charge on any atom is 0.315 e. The molecular weight excluding hydrogens is 316 g/mol. The average molecular weight is 347 g/mol. The van der Waals surface area contributed by atoms with E-state index in [0.717, 1.165) is 32.4 Å². The van der Waals surface area contributed by atoms with E-state index < -0.39 is 0 Å². The van der Waals surface area contributed by atoms with E-state index in [0.29, 0.717) is 31.5 Å². The standard InChI is InChI=1S/C16H30N4O2.ClH/c1-20(14-9-11-17-12-14)15(21)8-5-10-18-16(22)19-13-6-3-2-4-7-13;/h13-14,17H,2-12H2,1H3,(H2,18,19,22);1H. The number of likely N-dealkylation sites (N-methyl/N-ethyl adjacent to an activating group) is 1. The van der Waals surface area contributed by atoms with Crippen molar-refractivity contribution >= 4 is 24.3 Å². The monoisotopic (exact) mass is 346 g/mol. The molecule has 0 aromatic carbocycles. The summed E-state index contributed by atoms with van der Waals surface area (Å²) in [5.74, 6) is 0.170. The van der Waals surface area contributed by atoms with Crippen molar-refractivity contribution in [3.05, 3.63) is 0 Å². The highest BCUT2D eigenvalue weighted by atomic mass is 35.5. The minimum Gasteiger partial charge on any atom is -0.341 e. The van der Waals surface area contributed by atoms with Crippen LogP contribution in [0.1, 0.15) is 51.4 Å². The summed E-state index contributed by atoms with van der Waals surface area (Å²) in [5.41, 5.74) is 0. The third kappa shape index (κ3) is 6.96. The Balaban J connectivity index is 0.00000264. The second-order valence-electron chi connectivity index (χ2n) is 6.49. The third-order valence-electron chi connectivity index (χ3n) is 4.77. The quantitative estimate of drug-likeness (QED) is 0.640. The lowest BCUT2D eigenvalue weighted by molar-refractivity contribution is -0.131. The Labute approximate surface area is 145 Å². The van der Waals surface area contributed by atoms with Gasteiger partial charge in [-0.1, -0.05) is 19.3 Å². The molecule has 2 aliphatic rings. The SMILES string of the molecule is CN(C(=O)CCCNC(=O)NC1CCCCC1)C1CCNC1.Cl. The lowest BCUT2D eigenvalue weighted by Crippen LogP contribution is -2.43. The number of rotatable bonds is 6. The van der Waals surface area contributed by atoms with Gasteiger partial charge in [-0.2, -0.15) is 0 Å². The smallest absolute Gasteiger partial charge is 0.315 e. The second kappa shape index (κ2) is 10.7. The number of nitrogens with one attached hydrogen (secondary N) is 3. The van der Waals surface area contributed by atoms with E-state index in [-0.39, 0.29) is 24.3 Å². The minimum atomic E-state index is -0.0901. The minimum absolute atomic E-state index is 0. The Morgan fingerprint density at radius 1 is 1.17 bits per heavy atom. The molecule has 0 spiro atoms. The molecule has 0 aromatic rings. The lowest BCUT2D eigenvalue weighted by atomic mass is 9.96. The van der Waals surface area contributed by atoms with Crippen LogP contribution >= 0.6 is 12.4 Å². The molecule has 6 nitrogen and oxygen atoms in total. The molecule has 0 bridgehead atoms. The molecule has 1 saturated heterocycles. The van der Waals surface area contributed by atoms with Crippen LogP contribution in [0.3, 0.4) is 0 Å². The summed E-state index contributed by atoms with van der Waals surface area (Å²) < 4.78 is 0. The van der Waals surface area contributed by atoms with E-state index in [1.54, 1.807) is 0 Å². The van der Waals surface area contributed by atoms with Gasteiger partial charge in [0.2, 0.25) is 5.91 Å². The lowest BCUT2D eigenvalue weighted by Gasteiger charge is -2.24. The molecule has 3 N–H and O–H groups in total. The van der Waals surface area contributed by atoms with Crippen LogP contribution in [0.25, 0.3) is 0 Å². The molecule has 1 aliphatic carbocycles. The molecule has 0 aromatic heterocycles. The van der Waals surface area contributed by atoms with Crippen LogP contribution in [0, 0.1) is 0 Å². The summed E-state index contributed by atoms with van der Waals surface area (Å²) >= 11 is 0. The predicted octanol–water partition coefficient (Wildman–Crippen LogP) is 1.64. The zero-order valence-electron chi connectivity index (χ0n) is 14.1.